The molecule has 4 rings (SSSR count). The minimum atomic E-state index is -1.66. The third kappa shape index (κ3) is 6.50. The van der Waals surface area contributed by atoms with Crippen LogP contribution in [0.1, 0.15) is 64.8 Å². The molecule has 5 bridgehead atoms. The maximum Gasteiger partial charge on any atom is 0.264 e. The normalized spacial score (nSPS) is 27.9. The number of hydrazine groups is 1. The molecule has 3 heterocycles. The van der Waals surface area contributed by atoms with Crippen LogP contribution in [-0.4, -0.2) is 58.6 Å². The van der Waals surface area contributed by atoms with E-state index in [1.807, 2.05) is 63.3 Å². The van der Waals surface area contributed by atoms with Crippen molar-refractivity contribution < 1.29 is 23.5 Å². The number of fused-ring (bicyclic) bond motifs is 4. The van der Waals surface area contributed by atoms with Crippen LogP contribution >= 0.6 is 0 Å². The number of nitrogens with zero attached hydrogens (tertiary/aromatic N) is 2. The quantitative estimate of drug-likeness (QED) is 0.498. The predicted molar refractivity (Wildman–Crippen MR) is 151 cm³/mol. The van der Waals surface area contributed by atoms with E-state index < -0.39 is 41.6 Å². The van der Waals surface area contributed by atoms with Gasteiger partial charge in [0, 0.05) is 17.3 Å². The van der Waals surface area contributed by atoms with E-state index in [4.69, 9.17) is 9.72 Å². The zero-order valence-electron chi connectivity index (χ0n) is 23.7. The molecule has 9 nitrogen and oxygen atoms in total. The predicted octanol–water partition coefficient (Wildman–Crippen LogP) is 3.72. The molecular formula is C30H38FN5O4. The highest BCUT2D eigenvalue weighted by atomic mass is 19.1. The van der Waals surface area contributed by atoms with Crippen LogP contribution in [0.25, 0.3) is 17.0 Å². The van der Waals surface area contributed by atoms with Gasteiger partial charge in [-0.2, -0.15) is 0 Å². The number of benzene rings is 1. The third-order valence-electron chi connectivity index (χ3n) is 7.39. The number of halogens is 1. The summed E-state index contributed by atoms with van der Waals surface area (Å²) in [5.41, 5.74) is 4.60. The number of allylic oxidation sites excluding steroid dienone is 1. The van der Waals surface area contributed by atoms with E-state index in [9.17, 15) is 18.8 Å². The number of carbonyl (C=O) groups excluding carboxylic acids is 3. The average Bonchev–Trinajstić information content (AvgIpc) is 2.92. The first-order valence-electron chi connectivity index (χ1n) is 13.6. The minimum absolute atomic E-state index is 0.207. The van der Waals surface area contributed by atoms with Crippen LogP contribution in [0.4, 0.5) is 4.39 Å². The summed E-state index contributed by atoms with van der Waals surface area (Å²) >= 11 is 0. The molecule has 1 saturated heterocycles. The van der Waals surface area contributed by atoms with Gasteiger partial charge < -0.3 is 15.4 Å². The molecule has 2 aliphatic rings. The lowest BCUT2D eigenvalue weighted by molar-refractivity contribution is -0.145. The van der Waals surface area contributed by atoms with Crippen LogP contribution in [0.15, 0.2) is 48.7 Å². The molecular weight excluding hydrogens is 513 g/mol. The highest BCUT2D eigenvalue weighted by Crippen LogP contribution is 2.31. The molecule has 5 atom stereocenters. The van der Waals surface area contributed by atoms with Gasteiger partial charge in [0.15, 0.2) is 0 Å². The molecule has 3 amide bonds. The van der Waals surface area contributed by atoms with Gasteiger partial charge in [-0.15, -0.1) is 0 Å². The standard InChI is InChI=1S/C30H38FN5O4/c1-17(31)26-28(38)33-19(3)29(39)36-15-7-8-24(35-36)27(37)32-18(2)23-12-11-22-10-9-21(16-25(22)34-23)13-14-30(5,6)20(4)40-26/h9-14,16-19,24,26,35H,4,7-8,15H2,1-3,5-6H3,(H,32,37)(H,33,38)/b14-13+/t17?,18-,19+,24+,26+/m1/s1. The van der Waals surface area contributed by atoms with Crippen molar-refractivity contribution in [2.24, 2.45) is 5.41 Å². The van der Waals surface area contributed by atoms with E-state index in [2.05, 4.69) is 22.6 Å². The third-order valence-corrected chi connectivity index (χ3v) is 7.39. The van der Waals surface area contributed by atoms with E-state index in [0.717, 1.165) is 16.5 Å². The number of hydrogen-bond acceptors (Lipinski definition) is 6. The Labute approximate surface area is 234 Å². The Morgan fingerprint density at radius 3 is 2.52 bits per heavy atom. The lowest BCUT2D eigenvalue weighted by Gasteiger charge is -2.35. The molecule has 0 spiro atoms. The molecule has 10 heteroatoms. The van der Waals surface area contributed by atoms with Gasteiger partial charge in [-0.3, -0.25) is 24.4 Å². The highest BCUT2D eigenvalue weighted by Gasteiger charge is 2.35. The SMILES string of the molecule is C=C1O[C@@H](C(C)F)C(=O)N[C@@H](C)C(=O)N2CCC[C@H](N2)C(=O)N[C@H](C)c2ccc3ccc(cc3n2)/C=C/C1(C)C. The second kappa shape index (κ2) is 11.8. The number of rotatable bonds is 1. The highest BCUT2D eigenvalue weighted by molar-refractivity contribution is 5.90. The van der Waals surface area contributed by atoms with E-state index in [1.165, 1.54) is 18.9 Å². The number of pyridine rings is 1. The average molecular weight is 552 g/mol. The lowest BCUT2D eigenvalue weighted by atomic mass is 9.90. The van der Waals surface area contributed by atoms with Crippen molar-refractivity contribution in [3.05, 3.63) is 60.0 Å². The summed E-state index contributed by atoms with van der Waals surface area (Å²) in [6, 6.07) is 7.73. The minimum Gasteiger partial charge on any atom is -0.482 e. The molecule has 1 unspecified atom stereocenters. The van der Waals surface area contributed by atoms with Crippen molar-refractivity contribution in [3.8, 4) is 0 Å². The summed E-state index contributed by atoms with van der Waals surface area (Å²) in [7, 11) is 0. The number of alkyl halides is 1. The van der Waals surface area contributed by atoms with Gasteiger partial charge in [0.05, 0.1) is 23.0 Å². The van der Waals surface area contributed by atoms with Crippen molar-refractivity contribution in [3.63, 3.8) is 0 Å². The Morgan fingerprint density at radius 2 is 1.80 bits per heavy atom. The largest absolute Gasteiger partial charge is 0.482 e. The van der Waals surface area contributed by atoms with Gasteiger partial charge in [0.1, 0.15) is 18.3 Å². The van der Waals surface area contributed by atoms with Gasteiger partial charge in [0.25, 0.3) is 11.8 Å². The summed E-state index contributed by atoms with van der Waals surface area (Å²) in [6.45, 7) is 12.7. The van der Waals surface area contributed by atoms with Crippen LogP contribution in [0.5, 0.6) is 0 Å². The summed E-state index contributed by atoms with van der Waals surface area (Å²) in [6.07, 6.45) is 1.74. The molecule has 3 N–H and O–H groups in total. The van der Waals surface area contributed by atoms with Gasteiger partial charge in [-0.05, 0) is 65.2 Å². The fraction of sp³-hybridized carbons (Fsp3) is 0.467. The smallest absolute Gasteiger partial charge is 0.264 e. The lowest BCUT2D eigenvalue weighted by Crippen LogP contribution is -2.61. The summed E-state index contributed by atoms with van der Waals surface area (Å²) in [5.74, 6) is -1.26. The first-order valence-corrected chi connectivity index (χ1v) is 13.6. The molecule has 1 aromatic heterocycles. The fourth-order valence-electron chi connectivity index (χ4n) is 4.67. The van der Waals surface area contributed by atoms with E-state index in [-0.39, 0.29) is 17.7 Å². The molecule has 2 aromatic rings. The molecule has 0 saturated carbocycles. The molecule has 1 fully saturated rings. The van der Waals surface area contributed by atoms with Gasteiger partial charge in [0.2, 0.25) is 12.0 Å². The van der Waals surface area contributed by atoms with Gasteiger partial charge in [-0.1, -0.05) is 36.9 Å². The summed E-state index contributed by atoms with van der Waals surface area (Å²) in [5, 5.41) is 7.85. The number of aromatic nitrogens is 1. The monoisotopic (exact) mass is 551 g/mol. The summed E-state index contributed by atoms with van der Waals surface area (Å²) in [4.78, 5) is 44.1. The molecule has 0 radical (unpaired) electrons. The second-order valence-electron chi connectivity index (χ2n) is 11.2. The Kier molecular flexibility index (Phi) is 8.58. The number of ether oxygens (including phenoxy) is 1. The van der Waals surface area contributed by atoms with E-state index in [1.54, 1.807) is 0 Å². The second-order valence-corrected chi connectivity index (χ2v) is 11.2. The zero-order valence-corrected chi connectivity index (χ0v) is 23.7. The van der Waals surface area contributed by atoms with Gasteiger partial charge in [-0.25, -0.2) is 9.82 Å². The van der Waals surface area contributed by atoms with Crippen molar-refractivity contribution >= 4 is 34.7 Å². The number of carbonyl (C=O) groups is 3. The van der Waals surface area contributed by atoms with Crippen LogP contribution in [-0.2, 0) is 19.1 Å². The van der Waals surface area contributed by atoms with Crippen LogP contribution in [0.3, 0.4) is 0 Å². The van der Waals surface area contributed by atoms with Crippen LogP contribution in [0.2, 0.25) is 0 Å². The molecule has 2 aliphatic heterocycles. The van der Waals surface area contributed by atoms with Crippen molar-refractivity contribution in [2.45, 2.75) is 77.9 Å². The maximum atomic E-state index is 14.6. The zero-order chi connectivity index (χ0) is 29.2. The van der Waals surface area contributed by atoms with Crippen LogP contribution in [0, 0.1) is 5.41 Å². The summed E-state index contributed by atoms with van der Waals surface area (Å²) < 4.78 is 20.4. The Bertz CT molecular complexity index is 1340. The van der Waals surface area contributed by atoms with Crippen molar-refractivity contribution in [1.29, 1.82) is 0 Å². The van der Waals surface area contributed by atoms with Crippen LogP contribution < -0.4 is 16.1 Å². The van der Waals surface area contributed by atoms with E-state index >= 15 is 0 Å². The van der Waals surface area contributed by atoms with Gasteiger partial charge >= 0.3 is 0 Å². The van der Waals surface area contributed by atoms with E-state index in [0.29, 0.717) is 25.1 Å². The Morgan fingerprint density at radius 1 is 1.10 bits per heavy atom. The van der Waals surface area contributed by atoms with Crippen molar-refractivity contribution in [2.75, 3.05) is 6.54 Å². The molecule has 1 aromatic carbocycles. The number of hydrogen-bond donors (Lipinski definition) is 3. The topological polar surface area (TPSA) is 113 Å². The molecule has 0 aliphatic carbocycles. The molecule has 40 heavy (non-hydrogen) atoms. The Balaban J connectivity index is 1.70. The first kappa shape index (κ1) is 29.2. The first-order chi connectivity index (χ1) is 18.9. The number of nitrogens with one attached hydrogen (secondary N) is 3. The molecule has 214 valence electrons. The van der Waals surface area contributed by atoms with Crippen molar-refractivity contribution in [1.82, 2.24) is 26.1 Å². The Hall–Kier alpha value is -3.79. The fourth-order valence-corrected chi connectivity index (χ4v) is 4.67. The number of amides is 3. The maximum absolute atomic E-state index is 14.6.